The Morgan fingerprint density at radius 3 is 2.82 bits per heavy atom. The number of rotatable bonds is 4. The van der Waals surface area contributed by atoms with Gasteiger partial charge in [0.1, 0.15) is 11.6 Å². The van der Waals surface area contributed by atoms with Crippen molar-refractivity contribution in [2.45, 2.75) is 6.92 Å². The van der Waals surface area contributed by atoms with E-state index in [1.54, 1.807) is 6.92 Å². The Morgan fingerprint density at radius 1 is 1.47 bits per heavy atom. The van der Waals surface area contributed by atoms with Crippen molar-refractivity contribution in [1.82, 2.24) is 15.6 Å². The highest BCUT2D eigenvalue weighted by Gasteiger charge is 2.12. The molecule has 0 aliphatic rings. The molecular formula is C10H13FN4O2. The summed E-state index contributed by atoms with van der Waals surface area (Å²) in [6.07, 6.45) is 0.913. The molecule has 0 spiro atoms. The summed E-state index contributed by atoms with van der Waals surface area (Å²) in [4.78, 5) is 26.1. The molecule has 0 saturated heterocycles. The largest absolute Gasteiger partial charge is 0.383 e. The molecule has 1 rings (SSSR count). The van der Waals surface area contributed by atoms with Gasteiger partial charge in [-0.2, -0.15) is 0 Å². The molecule has 0 bridgehead atoms. The van der Waals surface area contributed by atoms with Crippen LogP contribution < -0.4 is 16.4 Å². The van der Waals surface area contributed by atoms with Gasteiger partial charge < -0.3 is 16.4 Å². The average Bonchev–Trinajstić information content (AvgIpc) is 2.29. The summed E-state index contributed by atoms with van der Waals surface area (Å²) in [5.41, 5.74) is 5.33. The SMILES string of the molecule is CCNC(=O)CNC(=O)c1cc(F)cnc1N. The zero-order chi connectivity index (χ0) is 12.8. The van der Waals surface area contributed by atoms with Gasteiger partial charge in [-0.1, -0.05) is 0 Å². The summed E-state index contributed by atoms with van der Waals surface area (Å²) < 4.78 is 12.8. The third-order valence-corrected chi connectivity index (χ3v) is 1.91. The predicted octanol–water partition coefficient (Wildman–Crippen LogP) is -0.331. The van der Waals surface area contributed by atoms with E-state index in [2.05, 4.69) is 15.6 Å². The molecule has 1 aromatic heterocycles. The fourth-order valence-corrected chi connectivity index (χ4v) is 1.15. The molecule has 0 saturated carbocycles. The Morgan fingerprint density at radius 2 is 2.18 bits per heavy atom. The summed E-state index contributed by atoms with van der Waals surface area (Å²) in [6.45, 7) is 2.04. The van der Waals surface area contributed by atoms with Crippen LogP contribution in [0.15, 0.2) is 12.3 Å². The molecule has 0 atom stereocenters. The highest BCUT2D eigenvalue weighted by atomic mass is 19.1. The van der Waals surface area contributed by atoms with E-state index in [0.29, 0.717) is 6.54 Å². The standard InChI is InChI=1S/C10H13FN4O2/c1-2-13-8(16)5-15-10(17)7-3-6(11)4-14-9(7)12/h3-4H,2,5H2,1H3,(H2,12,14)(H,13,16)(H,15,17). The van der Waals surface area contributed by atoms with Crippen molar-refractivity contribution >= 4 is 17.6 Å². The second-order valence-electron chi connectivity index (χ2n) is 3.22. The number of nitrogens with zero attached hydrogens (tertiary/aromatic N) is 1. The number of carbonyl (C=O) groups is 2. The minimum Gasteiger partial charge on any atom is -0.383 e. The second kappa shape index (κ2) is 5.78. The first-order chi connectivity index (χ1) is 8.04. The fourth-order valence-electron chi connectivity index (χ4n) is 1.15. The van der Waals surface area contributed by atoms with Crippen molar-refractivity contribution in [1.29, 1.82) is 0 Å². The van der Waals surface area contributed by atoms with E-state index in [9.17, 15) is 14.0 Å². The molecule has 0 unspecified atom stereocenters. The number of anilines is 1. The average molecular weight is 240 g/mol. The normalized spacial score (nSPS) is 9.76. The number of aromatic nitrogens is 1. The molecule has 2 amide bonds. The Balaban J connectivity index is 2.64. The zero-order valence-electron chi connectivity index (χ0n) is 9.29. The minimum atomic E-state index is -0.664. The molecule has 0 radical (unpaired) electrons. The van der Waals surface area contributed by atoms with Crippen molar-refractivity contribution in [3.05, 3.63) is 23.6 Å². The summed E-state index contributed by atoms with van der Waals surface area (Å²) in [5.74, 6) is -1.72. The Bertz CT molecular complexity index is 436. The number of hydrogen-bond donors (Lipinski definition) is 3. The molecule has 92 valence electrons. The molecule has 0 aliphatic carbocycles. The maximum atomic E-state index is 12.8. The molecule has 4 N–H and O–H groups in total. The molecule has 0 aliphatic heterocycles. The van der Waals surface area contributed by atoms with E-state index in [1.165, 1.54) is 0 Å². The van der Waals surface area contributed by atoms with Gasteiger partial charge in [0.2, 0.25) is 5.91 Å². The third kappa shape index (κ3) is 3.71. The maximum absolute atomic E-state index is 12.8. The van der Waals surface area contributed by atoms with E-state index in [0.717, 1.165) is 12.3 Å². The van der Waals surface area contributed by atoms with Crippen molar-refractivity contribution in [3.8, 4) is 0 Å². The summed E-state index contributed by atoms with van der Waals surface area (Å²) in [6, 6.07) is 0.968. The van der Waals surface area contributed by atoms with Gasteiger partial charge in [-0.25, -0.2) is 9.37 Å². The van der Waals surface area contributed by atoms with E-state index in [1.807, 2.05) is 0 Å². The van der Waals surface area contributed by atoms with Gasteiger partial charge in [0, 0.05) is 6.54 Å². The van der Waals surface area contributed by atoms with Gasteiger partial charge in [-0.15, -0.1) is 0 Å². The van der Waals surface area contributed by atoms with Gasteiger partial charge >= 0.3 is 0 Å². The third-order valence-electron chi connectivity index (χ3n) is 1.91. The number of pyridine rings is 1. The lowest BCUT2D eigenvalue weighted by Crippen LogP contribution is -2.37. The molecule has 7 heteroatoms. The highest BCUT2D eigenvalue weighted by Crippen LogP contribution is 2.09. The quantitative estimate of drug-likeness (QED) is 0.671. The molecule has 1 heterocycles. The first-order valence-corrected chi connectivity index (χ1v) is 5.00. The van der Waals surface area contributed by atoms with E-state index in [-0.39, 0.29) is 23.8 Å². The second-order valence-corrected chi connectivity index (χ2v) is 3.22. The minimum absolute atomic E-state index is 0.0835. The zero-order valence-corrected chi connectivity index (χ0v) is 9.29. The van der Waals surface area contributed by atoms with Crippen LogP contribution in [0.2, 0.25) is 0 Å². The van der Waals surface area contributed by atoms with Gasteiger partial charge in [0.15, 0.2) is 0 Å². The van der Waals surface area contributed by atoms with Gasteiger partial charge in [-0.05, 0) is 13.0 Å². The van der Waals surface area contributed by atoms with Crippen LogP contribution in [0.4, 0.5) is 10.2 Å². The highest BCUT2D eigenvalue weighted by molar-refractivity contribution is 5.99. The Labute approximate surface area is 97.4 Å². The van der Waals surface area contributed by atoms with E-state index in [4.69, 9.17) is 5.73 Å². The van der Waals surface area contributed by atoms with Gasteiger partial charge in [0.25, 0.3) is 5.91 Å². The van der Waals surface area contributed by atoms with Crippen molar-refractivity contribution in [2.24, 2.45) is 0 Å². The summed E-state index contributed by atoms with van der Waals surface area (Å²) >= 11 is 0. The Hall–Kier alpha value is -2.18. The van der Waals surface area contributed by atoms with E-state index >= 15 is 0 Å². The lowest BCUT2D eigenvalue weighted by Gasteiger charge is -2.06. The van der Waals surface area contributed by atoms with Crippen LogP contribution in [-0.2, 0) is 4.79 Å². The lowest BCUT2D eigenvalue weighted by atomic mass is 10.2. The number of hydrogen-bond acceptors (Lipinski definition) is 4. The molecule has 0 fully saturated rings. The summed E-state index contributed by atoms with van der Waals surface area (Å²) in [7, 11) is 0. The number of nitrogen functional groups attached to an aromatic ring is 1. The van der Waals surface area contributed by atoms with Gasteiger partial charge in [-0.3, -0.25) is 9.59 Å². The van der Waals surface area contributed by atoms with E-state index < -0.39 is 11.7 Å². The number of halogens is 1. The predicted molar refractivity (Wildman–Crippen MR) is 59.6 cm³/mol. The first kappa shape index (κ1) is 12.9. The smallest absolute Gasteiger partial charge is 0.255 e. The number of carbonyl (C=O) groups excluding carboxylic acids is 2. The number of amides is 2. The van der Waals surface area contributed by atoms with Crippen LogP contribution in [0, 0.1) is 5.82 Å². The number of nitrogens with one attached hydrogen (secondary N) is 2. The molecule has 1 aromatic rings. The monoisotopic (exact) mass is 240 g/mol. The van der Waals surface area contributed by atoms with Crippen molar-refractivity contribution in [2.75, 3.05) is 18.8 Å². The molecule has 6 nitrogen and oxygen atoms in total. The number of likely N-dealkylation sites (N-methyl/N-ethyl adjacent to an activating group) is 1. The molecule has 17 heavy (non-hydrogen) atoms. The first-order valence-electron chi connectivity index (χ1n) is 5.00. The van der Waals surface area contributed by atoms with Crippen molar-refractivity contribution in [3.63, 3.8) is 0 Å². The topological polar surface area (TPSA) is 97.1 Å². The van der Waals surface area contributed by atoms with Crippen molar-refractivity contribution < 1.29 is 14.0 Å². The number of nitrogens with two attached hydrogens (primary N) is 1. The molecular weight excluding hydrogens is 227 g/mol. The van der Waals surface area contributed by atoms with Crippen LogP contribution in [0.25, 0.3) is 0 Å². The maximum Gasteiger partial charge on any atom is 0.255 e. The lowest BCUT2D eigenvalue weighted by molar-refractivity contribution is -0.120. The fraction of sp³-hybridized carbons (Fsp3) is 0.300. The molecule has 0 aromatic carbocycles. The van der Waals surface area contributed by atoms with Crippen LogP contribution in [0.3, 0.4) is 0 Å². The van der Waals surface area contributed by atoms with Crippen LogP contribution in [0.1, 0.15) is 17.3 Å². The Kier molecular flexibility index (Phi) is 4.38. The van der Waals surface area contributed by atoms with Crippen LogP contribution in [-0.4, -0.2) is 29.9 Å². The van der Waals surface area contributed by atoms with Gasteiger partial charge in [0.05, 0.1) is 18.3 Å². The summed E-state index contributed by atoms with van der Waals surface area (Å²) in [5, 5.41) is 4.82. The van der Waals surface area contributed by atoms with Crippen LogP contribution in [0.5, 0.6) is 0 Å². The van der Waals surface area contributed by atoms with Crippen LogP contribution >= 0.6 is 0 Å².